The normalized spacial score (nSPS) is 10.8. The topological polar surface area (TPSA) is 129 Å². The van der Waals surface area contributed by atoms with Gasteiger partial charge in [-0.25, -0.2) is 14.4 Å². The number of aromatic nitrogens is 5. The van der Waals surface area contributed by atoms with Gasteiger partial charge in [-0.15, -0.1) is 5.10 Å². The summed E-state index contributed by atoms with van der Waals surface area (Å²) in [6.07, 6.45) is 1.33. The Balaban J connectivity index is 1.49. The van der Waals surface area contributed by atoms with E-state index in [0.717, 1.165) is 11.8 Å². The molecule has 0 spiro atoms. The number of carbonyl (C=O) groups excluding carboxylic acids is 1. The van der Waals surface area contributed by atoms with Crippen LogP contribution in [0, 0.1) is 15.9 Å². The predicted octanol–water partition coefficient (Wildman–Crippen LogP) is 2.99. The van der Waals surface area contributed by atoms with E-state index >= 15 is 0 Å². The van der Waals surface area contributed by atoms with Crippen LogP contribution in [0.5, 0.6) is 0 Å². The van der Waals surface area contributed by atoms with Crippen LogP contribution in [0.1, 0.15) is 0 Å². The third-order valence-corrected chi connectivity index (χ3v) is 4.93. The lowest BCUT2D eigenvalue weighted by molar-refractivity contribution is -0.384. The van der Waals surface area contributed by atoms with E-state index in [-0.39, 0.29) is 23.2 Å². The Morgan fingerprint density at radius 1 is 1.20 bits per heavy atom. The van der Waals surface area contributed by atoms with Crippen molar-refractivity contribution in [2.45, 2.75) is 5.03 Å². The Kier molecular flexibility index (Phi) is 5.30. The zero-order valence-electron chi connectivity index (χ0n) is 15.1. The molecule has 12 heteroatoms. The second-order valence-corrected chi connectivity index (χ2v) is 6.94. The maximum Gasteiger partial charge on any atom is 0.271 e. The highest BCUT2D eigenvalue weighted by atomic mass is 32.2. The molecule has 2 aromatic carbocycles. The SMILES string of the molecule is O=C(CSc1ncnc2c1nnn2-c1ccc(F)cc1)Nc1cccc([N+](=O)[O-])c1. The highest BCUT2D eigenvalue weighted by Crippen LogP contribution is 2.24. The zero-order valence-corrected chi connectivity index (χ0v) is 15.9. The van der Waals surface area contributed by atoms with Gasteiger partial charge in [0.1, 0.15) is 17.2 Å². The second kappa shape index (κ2) is 8.21. The van der Waals surface area contributed by atoms with Crippen molar-refractivity contribution in [3.8, 4) is 5.69 Å². The molecule has 0 aliphatic rings. The third kappa shape index (κ3) is 4.07. The van der Waals surface area contributed by atoms with Crippen molar-refractivity contribution in [1.82, 2.24) is 25.0 Å². The number of non-ortho nitro benzene ring substituents is 1. The van der Waals surface area contributed by atoms with E-state index in [1.807, 2.05) is 0 Å². The summed E-state index contributed by atoms with van der Waals surface area (Å²) >= 11 is 1.13. The Morgan fingerprint density at radius 3 is 2.77 bits per heavy atom. The largest absolute Gasteiger partial charge is 0.325 e. The number of nitrogens with zero attached hydrogens (tertiary/aromatic N) is 6. The molecule has 1 N–H and O–H groups in total. The Hall–Kier alpha value is -3.93. The Labute approximate surface area is 172 Å². The summed E-state index contributed by atoms with van der Waals surface area (Å²) in [5.41, 5.74) is 1.60. The van der Waals surface area contributed by atoms with Crippen LogP contribution in [0.25, 0.3) is 16.9 Å². The number of thioether (sulfide) groups is 1. The lowest BCUT2D eigenvalue weighted by Crippen LogP contribution is -2.14. The molecule has 0 unspecified atom stereocenters. The molecule has 0 bridgehead atoms. The minimum atomic E-state index is -0.535. The van der Waals surface area contributed by atoms with Gasteiger partial charge in [-0.3, -0.25) is 14.9 Å². The van der Waals surface area contributed by atoms with E-state index < -0.39 is 4.92 Å². The van der Waals surface area contributed by atoms with E-state index in [1.54, 1.807) is 18.2 Å². The number of benzene rings is 2. The summed E-state index contributed by atoms with van der Waals surface area (Å²) < 4.78 is 14.6. The zero-order chi connectivity index (χ0) is 21.1. The number of anilines is 1. The maximum atomic E-state index is 13.2. The van der Waals surface area contributed by atoms with Gasteiger partial charge in [0.25, 0.3) is 5.69 Å². The molecule has 10 nitrogen and oxygen atoms in total. The van der Waals surface area contributed by atoms with Crippen LogP contribution in [0.3, 0.4) is 0 Å². The molecule has 0 radical (unpaired) electrons. The fourth-order valence-electron chi connectivity index (χ4n) is 2.62. The van der Waals surface area contributed by atoms with Gasteiger partial charge in [0.05, 0.1) is 16.4 Å². The summed E-state index contributed by atoms with van der Waals surface area (Å²) in [4.78, 5) is 30.9. The molecule has 0 saturated heterocycles. The van der Waals surface area contributed by atoms with Gasteiger partial charge in [-0.1, -0.05) is 23.0 Å². The lowest BCUT2D eigenvalue weighted by atomic mass is 10.3. The number of hydrogen-bond acceptors (Lipinski definition) is 8. The molecular weight excluding hydrogens is 413 g/mol. The van der Waals surface area contributed by atoms with Crippen LogP contribution in [-0.2, 0) is 4.79 Å². The first kappa shape index (κ1) is 19.4. The lowest BCUT2D eigenvalue weighted by Gasteiger charge is -2.05. The number of fused-ring (bicyclic) bond motifs is 1. The average molecular weight is 425 g/mol. The van der Waals surface area contributed by atoms with Gasteiger partial charge < -0.3 is 5.32 Å². The van der Waals surface area contributed by atoms with Crippen molar-refractivity contribution >= 4 is 40.2 Å². The van der Waals surface area contributed by atoms with Crippen molar-refractivity contribution in [2.24, 2.45) is 0 Å². The van der Waals surface area contributed by atoms with Crippen LogP contribution in [-0.4, -0.2) is 41.5 Å². The molecule has 2 heterocycles. The first-order valence-corrected chi connectivity index (χ1v) is 9.49. The molecule has 0 fully saturated rings. The minimum absolute atomic E-state index is 0.00177. The van der Waals surface area contributed by atoms with Gasteiger partial charge in [0.2, 0.25) is 5.91 Å². The average Bonchev–Trinajstić information content (AvgIpc) is 3.18. The van der Waals surface area contributed by atoms with Crippen LogP contribution in [0.15, 0.2) is 59.9 Å². The first-order valence-electron chi connectivity index (χ1n) is 8.51. The Morgan fingerprint density at radius 2 is 2.00 bits per heavy atom. The smallest absolute Gasteiger partial charge is 0.271 e. The van der Waals surface area contributed by atoms with Gasteiger partial charge in [0.15, 0.2) is 11.2 Å². The van der Waals surface area contributed by atoms with Crippen molar-refractivity contribution in [2.75, 3.05) is 11.1 Å². The summed E-state index contributed by atoms with van der Waals surface area (Å²) in [5.74, 6) is -0.736. The molecule has 0 saturated carbocycles. The van der Waals surface area contributed by atoms with Crippen LogP contribution >= 0.6 is 11.8 Å². The molecule has 1 amide bonds. The number of nitro groups is 1. The van der Waals surface area contributed by atoms with Crippen LogP contribution in [0.2, 0.25) is 0 Å². The highest BCUT2D eigenvalue weighted by Gasteiger charge is 2.15. The van der Waals surface area contributed by atoms with Gasteiger partial charge >= 0.3 is 0 Å². The first-order chi connectivity index (χ1) is 14.5. The quantitative estimate of drug-likeness (QED) is 0.216. The van der Waals surface area contributed by atoms with E-state index in [9.17, 15) is 19.3 Å². The molecule has 30 heavy (non-hydrogen) atoms. The molecule has 0 atom stereocenters. The van der Waals surface area contributed by atoms with Crippen molar-refractivity contribution in [3.05, 3.63) is 70.8 Å². The fraction of sp³-hybridized carbons (Fsp3) is 0.0556. The fourth-order valence-corrected chi connectivity index (χ4v) is 3.35. The third-order valence-electron chi connectivity index (χ3n) is 3.96. The van der Waals surface area contributed by atoms with Gasteiger partial charge in [-0.05, 0) is 30.3 Å². The molecule has 2 aromatic heterocycles. The molecule has 0 aliphatic heterocycles. The summed E-state index contributed by atoms with van der Waals surface area (Å²) in [5, 5.41) is 22.0. The van der Waals surface area contributed by atoms with Crippen molar-refractivity contribution in [3.63, 3.8) is 0 Å². The van der Waals surface area contributed by atoms with Crippen molar-refractivity contribution in [1.29, 1.82) is 0 Å². The second-order valence-electron chi connectivity index (χ2n) is 5.97. The van der Waals surface area contributed by atoms with Gasteiger partial charge in [0, 0.05) is 17.8 Å². The molecular formula is C18H12FN7O3S. The number of hydrogen-bond donors (Lipinski definition) is 1. The number of amides is 1. The van der Waals surface area contributed by atoms with E-state index in [4.69, 9.17) is 0 Å². The van der Waals surface area contributed by atoms with E-state index in [0.29, 0.717) is 27.6 Å². The number of halogens is 1. The highest BCUT2D eigenvalue weighted by molar-refractivity contribution is 8.00. The molecule has 4 rings (SSSR count). The molecule has 4 aromatic rings. The standard InChI is InChI=1S/C18H12FN7O3S/c19-11-4-6-13(7-5-11)25-17-16(23-24-25)18(21-10-20-17)30-9-15(27)22-12-2-1-3-14(8-12)26(28)29/h1-8,10H,9H2,(H,22,27). The number of carbonyl (C=O) groups is 1. The predicted molar refractivity (Wildman–Crippen MR) is 107 cm³/mol. The minimum Gasteiger partial charge on any atom is -0.325 e. The number of rotatable bonds is 6. The summed E-state index contributed by atoms with van der Waals surface area (Å²) in [7, 11) is 0. The van der Waals surface area contributed by atoms with Crippen LogP contribution in [0.4, 0.5) is 15.8 Å². The van der Waals surface area contributed by atoms with Crippen LogP contribution < -0.4 is 5.32 Å². The summed E-state index contributed by atoms with van der Waals surface area (Å²) in [6, 6.07) is 11.4. The monoisotopic (exact) mass is 425 g/mol. The van der Waals surface area contributed by atoms with E-state index in [1.165, 1.54) is 41.3 Å². The van der Waals surface area contributed by atoms with Crippen molar-refractivity contribution < 1.29 is 14.1 Å². The summed E-state index contributed by atoms with van der Waals surface area (Å²) in [6.45, 7) is 0. The molecule has 0 aliphatic carbocycles. The maximum absolute atomic E-state index is 13.2. The molecule has 150 valence electrons. The van der Waals surface area contributed by atoms with Gasteiger partial charge in [-0.2, -0.15) is 4.68 Å². The van der Waals surface area contributed by atoms with E-state index in [2.05, 4.69) is 25.6 Å². The number of nitrogens with one attached hydrogen (secondary N) is 1. The number of nitro benzene ring substituents is 1. The Bertz CT molecular complexity index is 1250.